The van der Waals surface area contributed by atoms with Gasteiger partial charge in [-0.25, -0.2) is 0 Å². The molecule has 0 heterocycles. The highest BCUT2D eigenvalue weighted by molar-refractivity contribution is 6.30. The molecular weight excluding hydrogens is 286 g/mol. The van der Waals surface area contributed by atoms with Crippen molar-refractivity contribution in [2.45, 2.75) is 40.3 Å². The molecule has 21 heavy (non-hydrogen) atoms. The predicted octanol–water partition coefficient (Wildman–Crippen LogP) is 2.79. The minimum atomic E-state index is -0.326. The van der Waals surface area contributed by atoms with Crippen LogP contribution in [-0.4, -0.2) is 25.0 Å². The van der Waals surface area contributed by atoms with Crippen molar-refractivity contribution in [1.82, 2.24) is 5.32 Å². The van der Waals surface area contributed by atoms with E-state index >= 15 is 0 Å². The molecule has 0 atom stereocenters. The monoisotopic (exact) mass is 311 g/mol. The summed E-state index contributed by atoms with van der Waals surface area (Å²) in [6.07, 6.45) is 0. The number of nitrogens with one attached hydrogen (secondary N) is 1. The van der Waals surface area contributed by atoms with Gasteiger partial charge >= 0.3 is 0 Å². The van der Waals surface area contributed by atoms with E-state index in [9.17, 15) is 4.79 Å². The molecule has 118 valence electrons. The average Bonchev–Trinajstić information content (AvgIpc) is 2.34. The first-order valence-electron chi connectivity index (χ1n) is 7.34. The molecule has 0 spiro atoms. The number of benzene rings is 1. The van der Waals surface area contributed by atoms with Gasteiger partial charge in [0.2, 0.25) is 5.91 Å². The number of carbonyl (C=O) groups is 1. The Morgan fingerprint density at radius 3 is 2.52 bits per heavy atom. The Bertz CT molecular complexity index is 475. The van der Waals surface area contributed by atoms with Crippen molar-refractivity contribution < 1.29 is 4.79 Å². The molecule has 1 aromatic carbocycles. The summed E-state index contributed by atoms with van der Waals surface area (Å²) in [6.45, 7) is 10.1. The van der Waals surface area contributed by atoms with Crippen LogP contribution in [0.2, 0.25) is 5.02 Å². The van der Waals surface area contributed by atoms with Crippen LogP contribution >= 0.6 is 11.6 Å². The Morgan fingerprint density at radius 1 is 1.33 bits per heavy atom. The van der Waals surface area contributed by atoms with Gasteiger partial charge in [-0.05, 0) is 29.7 Å². The standard InChI is InChI=1S/C16H26ClN3O/c1-11(2)9-20(10-16(18)21)15-6-5-14(17)7-13(15)8-19-12(3)4/h5-7,11-12,19H,8-10H2,1-4H3,(H2,18,21). The first-order valence-corrected chi connectivity index (χ1v) is 7.72. The molecule has 1 rings (SSSR count). The summed E-state index contributed by atoms with van der Waals surface area (Å²) in [6, 6.07) is 6.14. The number of rotatable bonds is 8. The molecule has 0 radical (unpaired) electrons. The summed E-state index contributed by atoms with van der Waals surface area (Å²) in [4.78, 5) is 13.4. The van der Waals surface area contributed by atoms with E-state index in [2.05, 4.69) is 33.0 Å². The zero-order valence-electron chi connectivity index (χ0n) is 13.3. The van der Waals surface area contributed by atoms with E-state index in [0.717, 1.165) is 17.8 Å². The van der Waals surface area contributed by atoms with Gasteiger partial charge in [0.15, 0.2) is 0 Å². The lowest BCUT2D eigenvalue weighted by molar-refractivity contribution is -0.116. The van der Waals surface area contributed by atoms with E-state index in [1.54, 1.807) is 0 Å². The molecule has 0 aliphatic rings. The van der Waals surface area contributed by atoms with Gasteiger partial charge in [-0.1, -0.05) is 39.3 Å². The molecule has 1 amide bonds. The Labute approximate surface area is 132 Å². The minimum Gasteiger partial charge on any atom is -0.368 e. The molecule has 0 aromatic heterocycles. The van der Waals surface area contributed by atoms with Gasteiger partial charge in [-0.3, -0.25) is 4.79 Å². The fraction of sp³-hybridized carbons (Fsp3) is 0.562. The Hall–Kier alpha value is -1.26. The third kappa shape index (κ3) is 6.36. The van der Waals surface area contributed by atoms with Gasteiger partial charge in [0.05, 0.1) is 6.54 Å². The highest BCUT2D eigenvalue weighted by atomic mass is 35.5. The van der Waals surface area contributed by atoms with Crippen molar-refractivity contribution in [3.8, 4) is 0 Å². The third-order valence-corrected chi connectivity index (χ3v) is 3.25. The summed E-state index contributed by atoms with van der Waals surface area (Å²) in [5.74, 6) is 0.110. The highest BCUT2D eigenvalue weighted by Gasteiger charge is 2.15. The third-order valence-electron chi connectivity index (χ3n) is 3.02. The average molecular weight is 312 g/mol. The van der Waals surface area contributed by atoms with Crippen LogP contribution in [0.3, 0.4) is 0 Å². The Morgan fingerprint density at radius 2 is 2.00 bits per heavy atom. The quantitative estimate of drug-likeness (QED) is 0.776. The van der Waals surface area contributed by atoms with E-state index in [-0.39, 0.29) is 12.5 Å². The summed E-state index contributed by atoms with van der Waals surface area (Å²) < 4.78 is 0. The number of anilines is 1. The molecule has 3 N–H and O–H groups in total. The van der Waals surface area contributed by atoms with Crippen LogP contribution in [-0.2, 0) is 11.3 Å². The van der Waals surface area contributed by atoms with Gasteiger partial charge in [0.1, 0.15) is 0 Å². The molecule has 5 heteroatoms. The van der Waals surface area contributed by atoms with Gasteiger partial charge < -0.3 is 16.0 Å². The van der Waals surface area contributed by atoms with Crippen molar-refractivity contribution in [1.29, 1.82) is 0 Å². The van der Waals surface area contributed by atoms with Crippen LogP contribution in [0.5, 0.6) is 0 Å². The number of primary amides is 1. The Kier molecular flexibility index (Phi) is 6.99. The van der Waals surface area contributed by atoms with Crippen LogP contribution in [0.1, 0.15) is 33.3 Å². The number of nitrogens with zero attached hydrogens (tertiary/aromatic N) is 1. The van der Waals surface area contributed by atoms with Crippen molar-refractivity contribution in [2.24, 2.45) is 11.7 Å². The number of amides is 1. The van der Waals surface area contributed by atoms with E-state index in [0.29, 0.717) is 23.5 Å². The SMILES string of the molecule is CC(C)CN(CC(N)=O)c1ccc(Cl)cc1CNC(C)C. The summed E-state index contributed by atoms with van der Waals surface area (Å²) in [5, 5.41) is 4.09. The minimum absolute atomic E-state index is 0.217. The largest absolute Gasteiger partial charge is 0.368 e. The van der Waals surface area contributed by atoms with Crippen molar-refractivity contribution >= 4 is 23.2 Å². The van der Waals surface area contributed by atoms with Crippen LogP contribution in [0.15, 0.2) is 18.2 Å². The molecule has 0 aliphatic heterocycles. The Balaban J connectivity index is 3.06. The number of carbonyl (C=O) groups excluding carboxylic acids is 1. The van der Waals surface area contributed by atoms with E-state index in [1.165, 1.54) is 0 Å². The number of hydrogen-bond acceptors (Lipinski definition) is 3. The molecule has 0 saturated heterocycles. The second kappa shape index (κ2) is 8.25. The molecule has 0 fully saturated rings. The van der Waals surface area contributed by atoms with Crippen molar-refractivity contribution in [3.63, 3.8) is 0 Å². The van der Waals surface area contributed by atoms with Crippen molar-refractivity contribution in [3.05, 3.63) is 28.8 Å². The molecule has 0 aliphatic carbocycles. The van der Waals surface area contributed by atoms with Crippen LogP contribution in [0.25, 0.3) is 0 Å². The molecule has 0 unspecified atom stereocenters. The van der Waals surface area contributed by atoms with Crippen LogP contribution in [0.4, 0.5) is 5.69 Å². The maximum absolute atomic E-state index is 11.3. The molecule has 4 nitrogen and oxygen atoms in total. The maximum atomic E-state index is 11.3. The zero-order valence-corrected chi connectivity index (χ0v) is 14.1. The number of halogens is 1. The van der Waals surface area contributed by atoms with Crippen LogP contribution < -0.4 is 16.0 Å². The molecule has 0 bridgehead atoms. The van der Waals surface area contributed by atoms with E-state index in [4.69, 9.17) is 17.3 Å². The fourth-order valence-corrected chi connectivity index (χ4v) is 2.39. The summed E-state index contributed by atoms with van der Waals surface area (Å²) >= 11 is 6.11. The van der Waals surface area contributed by atoms with Gasteiger partial charge in [0, 0.05) is 29.8 Å². The lowest BCUT2D eigenvalue weighted by atomic mass is 10.1. The van der Waals surface area contributed by atoms with Gasteiger partial charge in [-0.15, -0.1) is 0 Å². The second-order valence-corrected chi connectivity index (χ2v) is 6.49. The normalized spacial score (nSPS) is 11.2. The maximum Gasteiger partial charge on any atom is 0.236 e. The van der Waals surface area contributed by atoms with E-state index in [1.807, 2.05) is 23.1 Å². The van der Waals surface area contributed by atoms with Gasteiger partial charge in [0.25, 0.3) is 0 Å². The van der Waals surface area contributed by atoms with E-state index < -0.39 is 0 Å². The lowest BCUT2D eigenvalue weighted by Crippen LogP contribution is -2.37. The molecular formula is C16H26ClN3O. The second-order valence-electron chi connectivity index (χ2n) is 6.05. The zero-order chi connectivity index (χ0) is 16.0. The van der Waals surface area contributed by atoms with Crippen LogP contribution in [0, 0.1) is 5.92 Å². The molecule has 1 aromatic rings. The smallest absolute Gasteiger partial charge is 0.236 e. The fourth-order valence-electron chi connectivity index (χ4n) is 2.20. The highest BCUT2D eigenvalue weighted by Crippen LogP contribution is 2.25. The number of hydrogen-bond donors (Lipinski definition) is 2. The first kappa shape index (κ1) is 17.8. The van der Waals surface area contributed by atoms with Gasteiger partial charge in [-0.2, -0.15) is 0 Å². The topological polar surface area (TPSA) is 58.4 Å². The first-order chi connectivity index (χ1) is 9.79. The molecule has 0 saturated carbocycles. The van der Waals surface area contributed by atoms with Crippen molar-refractivity contribution in [2.75, 3.05) is 18.0 Å². The summed E-state index contributed by atoms with van der Waals surface area (Å²) in [5.41, 5.74) is 7.48. The predicted molar refractivity (Wildman–Crippen MR) is 89.7 cm³/mol. The lowest BCUT2D eigenvalue weighted by Gasteiger charge is -2.28. The summed E-state index contributed by atoms with van der Waals surface area (Å²) in [7, 11) is 0. The number of nitrogens with two attached hydrogens (primary N) is 1.